The summed E-state index contributed by atoms with van der Waals surface area (Å²) >= 11 is 0. The monoisotopic (exact) mass is 256 g/mol. The topological polar surface area (TPSA) is 88.4 Å². The first-order valence-electron chi connectivity index (χ1n) is 5.56. The lowest BCUT2D eigenvalue weighted by Crippen LogP contribution is -2.45. The van der Waals surface area contributed by atoms with Crippen LogP contribution >= 0.6 is 0 Å². The van der Waals surface area contributed by atoms with Crippen LogP contribution in [-0.4, -0.2) is 29.3 Å². The summed E-state index contributed by atoms with van der Waals surface area (Å²) in [6, 6.07) is 0.279. The molecule has 1 unspecified atom stereocenters. The average Bonchev–Trinajstić information content (AvgIpc) is 2.07. The lowest BCUT2D eigenvalue weighted by Gasteiger charge is -2.23. The highest BCUT2D eigenvalue weighted by atomic mass is 16.6. The van der Waals surface area contributed by atoms with Crippen LogP contribution in [0.4, 0.5) is 4.79 Å². The molecule has 0 saturated carbocycles. The summed E-state index contributed by atoms with van der Waals surface area (Å²) in [7, 11) is 0. The van der Waals surface area contributed by atoms with Crippen LogP contribution in [0, 0.1) is 11.3 Å². The Bertz CT molecular complexity index is 358. The second kappa shape index (κ2) is 5.71. The fourth-order valence-corrected chi connectivity index (χ4v) is 0.930. The van der Waals surface area contributed by atoms with E-state index in [1.165, 1.54) is 0 Å². The van der Waals surface area contributed by atoms with Gasteiger partial charge in [-0.1, -0.05) is 0 Å². The van der Waals surface area contributed by atoms with Crippen LogP contribution in [0.5, 0.6) is 0 Å². The summed E-state index contributed by atoms with van der Waals surface area (Å²) in [5, 5.41) is 11.0. The van der Waals surface area contributed by atoms with Crippen molar-refractivity contribution >= 4 is 12.1 Å². The van der Waals surface area contributed by atoms with E-state index in [0.717, 1.165) is 0 Å². The van der Waals surface area contributed by atoms with Gasteiger partial charge in [0.05, 0.1) is 6.07 Å². The highest BCUT2D eigenvalue weighted by molar-refractivity contribution is 5.84. The summed E-state index contributed by atoms with van der Waals surface area (Å²) in [4.78, 5) is 23.0. The first-order valence-corrected chi connectivity index (χ1v) is 5.56. The predicted octanol–water partition coefficient (Wildman–Crippen LogP) is 1.74. The molecule has 0 aromatic carbocycles. The number of hydrogen-bond acceptors (Lipinski definition) is 5. The van der Waals surface area contributed by atoms with E-state index in [9.17, 15) is 9.59 Å². The number of carbonyl (C=O) groups excluding carboxylic acids is 2. The van der Waals surface area contributed by atoms with E-state index in [2.05, 4.69) is 5.32 Å². The van der Waals surface area contributed by atoms with E-state index >= 15 is 0 Å². The third-order valence-electron chi connectivity index (χ3n) is 1.43. The Kier molecular flexibility index (Phi) is 5.15. The van der Waals surface area contributed by atoms with Crippen LogP contribution in [0.1, 0.15) is 41.5 Å². The molecular formula is C12H20N2O4. The van der Waals surface area contributed by atoms with E-state index in [0.29, 0.717) is 0 Å². The molecule has 0 bridgehead atoms. The highest BCUT2D eigenvalue weighted by Gasteiger charge is 2.28. The predicted molar refractivity (Wildman–Crippen MR) is 64.6 cm³/mol. The molecule has 0 aliphatic carbocycles. The number of carbonyl (C=O) groups is 2. The SMILES string of the molecule is CC(C)(C)OC(=O)NC(C#N)C(=O)OC(C)(C)C. The van der Waals surface area contributed by atoms with Gasteiger partial charge >= 0.3 is 12.1 Å². The third-order valence-corrected chi connectivity index (χ3v) is 1.43. The van der Waals surface area contributed by atoms with Gasteiger partial charge in [0.2, 0.25) is 6.04 Å². The molecule has 0 saturated heterocycles. The van der Waals surface area contributed by atoms with E-state index in [1.807, 2.05) is 0 Å². The van der Waals surface area contributed by atoms with Crippen LogP contribution < -0.4 is 5.32 Å². The molecule has 0 radical (unpaired) electrons. The van der Waals surface area contributed by atoms with Gasteiger partial charge in [0.15, 0.2) is 0 Å². The quantitative estimate of drug-likeness (QED) is 0.760. The molecule has 1 amide bonds. The molecule has 6 nitrogen and oxygen atoms in total. The van der Waals surface area contributed by atoms with Crippen molar-refractivity contribution in [3.05, 3.63) is 0 Å². The normalized spacial score (nSPS) is 13.2. The summed E-state index contributed by atoms with van der Waals surface area (Å²) in [5.74, 6) is -0.809. The molecule has 0 rings (SSSR count). The maximum Gasteiger partial charge on any atom is 0.409 e. The van der Waals surface area contributed by atoms with E-state index in [1.54, 1.807) is 47.6 Å². The van der Waals surface area contributed by atoms with Gasteiger partial charge in [-0.25, -0.2) is 9.59 Å². The molecule has 0 aliphatic rings. The number of esters is 1. The molecule has 102 valence electrons. The molecule has 0 aromatic rings. The number of ether oxygens (including phenoxy) is 2. The molecule has 1 atom stereocenters. The molecular weight excluding hydrogens is 236 g/mol. The largest absolute Gasteiger partial charge is 0.458 e. The molecule has 0 aliphatic heterocycles. The van der Waals surface area contributed by atoms with Gasteiger partial charge in [0.25, 0.3) is 0 Å². The smallest absolute Gasteiger partial charge is 0.409 e. The average molecular weight is 256 g/mol. The Morgan fingerprint density at radius 3 is 1.83 bits per heavy atom. The Morgan fingerprint density at radius 1 is 1.06 bits per heavy atom. The van der Waals surface area contributed by atoms with Crippen LogP contribution in [0.3, 0.4) is 0 Å². The number of rotatable bonds is 2. The van der Waals surface area contributed by atoms with Gasteiger partial charge < -0.3 is 9.47 Å². The molecule has 0 spiro atoms. The van der Waals surface area contributed by atoms with Gasteiger partial charge in [-0.05, 0) is 41.5 Å². The number of nitriles is 1. The maximum absolute atomic E-state index is 11.6. The van der Waals surface area contributed by atoms with Crippen molar-refractivity contribution in [2.75, 3.05) is 0 Å². The molecule has 0 heterocycles. The Balaban J connectivity index is 4.50. The van der Waals surface area contributed by atoms with Crippen molar-refractivity contribution in [3.8, 4) is 6.07 Å². The van der Waals surface area contributed by atoms with Gasteiger partial charge in [-0.3, -0.25) is 5.32 Å². The minimum absolute atomic E-state index is 0.696. The Morgan fingerprint density at radius 2 is 1.50 bits per heavy atom. The van der Waals surface area contributed by atoms with Crippen molar-refractivity contribution in [2.24, 2.45) is 0 Å². The zero-order valence-corrected chi connectivity index (χ0v) is 11.7. The van der Waals surface area contributed by atoms with Crippen molar-refractivity contribution < 1.29 is 19.1 Å². The fourth-order valence-electron chi connectivity index (χ4n) is 0.930. The molecule has 0 aromatic heterocycles. The van der Waals surface area contributed by atoms with E-state index in [4.69, 9.17) is 14.7 Å². The Labute approximate surface area is 107 Å². The minimum atomic E-state index is -1.38. The maximum atomic E-state index is 11.6. The lowest BCUT2D eigenvalue weighted by molar-refractivity contribution is -0.155. The van der Waals surface area contributed by atoms with Crippen molar-refractivity contribution in [3.63, 3.8) is 0 Å². The minimum Gasteiger partial charge on any atom is -0.458 e. The number of hydrogen-bond donors (Lipinski definition) is 1. The summed E-state index contributed by atoms with van der Waals surface area (Å²) in [6.07, 6.45) is -0.833. The first-order chi connectivity index (χ1) is 7.94. The standard InChI is InChI=1S/C12H20N2O4/c1-11(2,3)17-9(15)8(7-13)14-10(16)18-12(4,5)6/h8H,1-6H3,(H,14,16). The second-order valence-electron chi connectivity index (χ2n) is 5.74. The number of amides is 1. The molecule has 18 heavy (non-hydrogen) atoms. The van der Waals surface area contributed by atoms with Gasteiger partial charge in [0, 0.05) is 0 Å². The fraction of sp³-hybridized carbons (Fsp3) is 0.750. The van der Waals surface area contributed by atoms with Crippen molar-refractivity contribution in [2.45, 2.75) is 58.8 Å². The zero-order valence-electron chi connectivity index (χ0n) is 11.7. The summed E-state index contributed by atoms with van der Waals surface area (Å²) < 4.78 is 9.93. The summed E-state index contributed by atoms with van der Waals surface area (Å²) in [6.45, 7) is 10.1. The first kappa shape index (κ1) is 16.2. The molecule has 0 fully saturated rings. The van der Waals surface area contributed by atoms with Crippen molar-refractivity contribution in [1.29, 1.82) is 5.26 Å². The number of nitrogens with zero attached hydrogens (tertiary/aromatic N) is 1. The van der Waals surface area contributed by atoms with Gasteiger partial charge in [-0.2, -0.15) is 5.26 Å². The van der Waals surface area contributed by atoms with Gasteiger partial charge in [0.1, 0.15) is 11.2 Å². The second-order valence-corrected chi connectivity index (χ2v) is 5.74. The summed E-state index contributed by atoms with van der Waals surface area (Å²) in [5.41, 5.74) is -1.42. The van der Waals surface area contributed by atoms with Crippen molar-refractivity contribution in [1.82, 2.24) is 5.32 Å². The number of nitrogens with one attached hydrogen (secondary N) is 1. The van der Waals surface area contributed by atoms with Gasteiger partial charge in [-0.15, -0.1) is 0 Å². The van der Waals surface area contributed by atoms with Crippen LogP contribution in [0.15, 0.2) is 0 Å². The van der Waals surface area contributed by atoms with Crippen LogP contribution in [0.25, 0.3) is 0 Å². The lowest BCUT2D eigenvalue weighted by atomic mass is 10.2. The van der Waals surface area contributed by atoms with E-state index in [-0.39, 0.29) is 0 Å². The third kappa shape index (κ3) is 7.49. The Hall–Kier alpha value is -1.77. The van der Waals surface area contributed by atoms with Crippen LogP contribution in [-0.2, 0) is 14.3 Å². The molecule has 1 N–H and O–H groups in total. The number of alkyl carbamates (subject to hydrolysis) is 1. The zero-order chi connectivity index (χ0) is 14.6. The van der Waals surface area contributed by atoms with Crippen LogP contribution in [0.2, 0.25) is 0 Å². The van der Waals surface area contributed by atoms with E-state index < -0.39 is 29.3 Å². The molecule has 6 heteroatoms. The highest BCUT2D eigenvalue weighted by Crippen LogP contribution is 2.09.